The van der Waals surface area contributed by atoms with Crippen LogP contribution >= 0.6 is 0 Å². The second-order valence-electron chi connectivity index (χ2n) is 4.91. The van der Waals surface area contributed by atoms with Crippen LogP contribution in [0.15, 0.2) is 54.9 Å². The summed E-state index contributed by atoms with van der Waals surface area (Å²) in [6.07, 6.45) is 2.32. The van der Waals surface area contributed by atoms with Gasteiger partial charge in [0, 0.05) is 29.8 Å². The van der Waals surface area contributed by atoms with E-state index in [0.29, 0.717) is 5.56 Å². The standard InChI is InChI=1S/C17H13F2NO/c18-13-5-6-16(19)12(7-13)8-17(21)15-10-20-9-11-3-1-2-4-14(11)15/h1-7,9-10,17,21H,8H2. The van der Waals surface area contributed by atoms with E-state index in [-0.39, 0.29) is 12.0 Å². The lowest BCUT2D eigenvalue weighted by atomic mass is 9.98. The fraction of sp³-hybridized carbons (Fsp3) is 0.118. The minimum absolute atomic E-state index is 0.000713. The van der Waals surface area contributed by atoms with Crippen molar-refractivity contribution in [3.05, 3.63) is 77.6 Å². The molecule has 1 heterocycles. The zero-order chi connectivity index (χ0) is 14.8. The quantitative estimate of drug-likeness (QED) is 0.794. The number of hydrogen-bond donors (Lipinski definition) is 1. The lowest BCUT2D eigenvalue weighted by Crippen LogP contribution is -2.05. The molecule has 0 aliphatic carbocycles. The van der Waals surface area contributed by atoms with Crippen LogP contribution in [0, 0.1) is 11.6 Å². The lowest BCUT2D eigenvalue weighted by Gasteiger charge is -2.14. The Bertz CT molecular complexity index is 783. The van der Waals surface area contributed by atoms with Crippen LogP contribution in [0.3, 0.4) is 0 Å². The molecule has 0 fully saturated rings. The Balaban J connectivity index is 1.97. The van der Waals surface area contributed by atoms with Gasteiger partial charge in [-0.1, -0.05) is 24.3 Å². The number of rotatable bonds is 3. The number of hydrogen-bond acceptors (Lipinski definition) is 2. The van der Waals surface area contributed by atoms with Gasteiger partial charge in [0.05, 0.1) is 6.10 Å². The first kappa shape index (κ1) is 13.6. The minimum Gasteiger partial charge on any atom is -0.388 e. The summed E-state index contributed by atoms with van der Waals surface area (Å²) in [5, 5.41) is 12.1. The van der Waals surface area contributed by atoms with Crippen LogP contribution < -0.4 is 0 Å². The minimum atomic E-state index is -0.945. The van der Waals surface area contributed by atoms with Crippen molar-refractivity contribution < 1.29 is 13.9 Å². The number of aliphatic hydroxyl groups is 1. The number of nitrogens with zero attached hydrogens (tertiary/aromatic N) is 1. The maximum Gasteiger partial charge on any atom is 0.126 e. The van der Waals surface area contributed by atoms with E-state index in [1.165, 1.54) is 0 Å². The van der Waals surface area contributed by atoms with Crippen molar-refractivity contribution in [2.24, 2.45) is 0 Å². The molecule has 4 heteroatoms. The highest BCUT2D eigenvalue weighted by Crippen LogP contribution is 2.26. The zero-order valence-electron chi connectivity index (χ0n) is 11.1. The Kier molecular flexibility index (Phi) is 3.62. The van der Waals surface area contributed by atoms with Gasteiger partial charge in [-0.15, -0.1) is 0 Å². The Morgan fingerprint density at radius 1 is 1.05 bits per heavy atom. The van der Waals surface area contributed by atoms with E-state index in [1.807, 2.05) is 24.3 Å². The molecule has 1 aromatic heterocycles. The van der Waals surface area contributed by atoms with E-state index in [2.05, 4.69) is 4.98 Å². The smallest absolute Gasteiger partial charge is 0.126 e. The molecule has 0 radical (unpaired) electrons. The van der Waals surface area contributed by atoms with E-state index in [1.54, 1.807) is 12.4 Å². The van der Waals surface area contributed by atoms with Crippen molar-refractivity contribution >= 4 is 10.8 Å². The average Bonchev–Trinajstić information content (AvgIpc) is 2.50. The maximum atomic E-state index is 13.7. The largest absolute Gasteiger partial charge is 0.388 e. The SMILES string of the molecule is OC(Cc1cc(F)ccc1F)c1cncc2ccccc12. The van der Waals surface area contributed by atoms with Gasteiger partial charge in [-0.05, 0) is 29.1 Å². The molecular formula is C17H13F2NO. The van der Waals surface area contributed by atoms with Crippen molar-refractivity contribution in [3.8, 4) is 0 Å². The normalized spacial score (nSPS) is 12.5. The molecule has 2 nitrogen and oxygen atoms in total. The molecule has 1 atom stereocenters. The van der Waals surface area contributed by atoms with Crippen LogP contribution in [0.5, 0.6) is 0 Å². The number of aromatic nitrogens is 1. The van der Waals surface area contributed by atoms with E-state index >= 15 is 0 Å². The summed E-state index contributed by atoms with van der Waals surface area (Å²) in [6, 6.07) is 10.7. The van der Waals surface area contributed by atoms with Gasteiger partial charge < -0.3 is 5.11 Å². The number of halogens is 2. The third kappa shape index (κ3) is 2.76. The third-order valence-corrected chi connectivity index (χ3v) is 3.48. The monoisotopic (exact) mass is 285 g/mol. The molecule has 3 rings (SSSR count). The van der Waals surface area contributed by atoms with Gasteiger partial charge in [0.25, 0.3) is 0 Å². The van der Waals surface area contributed by atoms with Gasteiger partial charge in [-0.25, -0.2) is 8.78 Å². The van der Waals surface area contributed by atoms with Crippen molar-refractivity contribution in [1.82, 2.24) is 4.98 Å². The molecule has 1 unspecified atom stereocenters. The van der Waals surface area contributed by atoms with E-state index in [9.17, 15) is 13.9 Å². The van der Waals surface area contributed by atoms with Gasteiger partial charge in [0.2, 0.25) is 0 Å². The highest BCUT2D eigenvalue weighted by atomic mass is 19.1. The fourth-order valence-corrected chi connectivity index (χ4v) is 2.42. The van der Waals surface area contributed by atoms with Gasteiger partial charge in [0.1, 0.15) is 11.6 Å². The third-order valence-electron chi connectivity index (χ3n) is 3.48. The number of pyridine rings is 1. The van der Waals surface area contributed by atoms with Gasteiger partial charge in [-0.3, -0.25) is 4.98 Å². The summed E-state index contributed by atoms with van der Waals surface area (Å²) < 4.78 is 26.9. The number of fused-ring (bicyclic) bond motifs is 1. The predicted octanol–water partition coefficient (Wildman–Crippen LogP) is 3.79. The Morgan fingerprint density at radius 2 is 1.86 bits per heavy atom. The summed E-state index contributed by atoms with van der Waals surface area (Å²) in [4.78, 5) is 4.09. The molecule has 0 aliphatic rings. The fourth-order valence-electron chi connectivity index (χ4n) is 2.42. The van der Waals surface area contributed by atoms with E-state index in [0.717, 1.165) is 29.0 Å². The summed E-state index contributed by atoms with van der Waals surface area (Å²) in [7, 11) is 0. The first-order chi connectivity index (χ1) is 10.1. The molecule has 21 heavy (non-hydrogen) atoms. The van der Waals surface area contributed by atoms with Crippen LogP contribution in [-0.4, -0.2) is 10.1 Å². The van der Waals surface area contributed by atoms with Crippen molar-refractivity contribution in [2.75, 3.05) is 0 Å². The van der Waals surface area contributed by atoms with Gasteiger partial charge in [0.15, 0.2) is 0 Å². The first-order valence-corrected chi connectivity index (χ1v) is 6.60. The van der Waals surface area contributed by atoms with Crippen LogP contribution in [0.1, 0.15) is 17.2 Å². The highest BCUT2D eigenvalue weighted by Gasteiger charge is 2.15. The predicted molar refractivity (Wildman–Crippen MR) is 76.8 cm³/mol. The Morgan fingerprint density at radius 3 is 2.71 bits per heavy atom. The molecule has 3 aromatic rings. The Hall–Kier alpha value is -2.33. The maximum absolute atomic E-state index is 13.7. The van der Waals surface area contributed by atoms with Gasteiger partial charge >= 0.3 is 0 Å². The van der Waals surface area contributed by atoms with Crippen molar-refractivity contribution in [1.29, 1.82) is 0 Å². The summed E-state index contributed by atoms with van der Waals surface area (Å²) in [5.41, 5.74) is 0.757. The molecular weight excluding hydrogens is 272 g/mol. The summed E-state index contributed by atoms with van der Waals surface area (Å²) in [5.74, 6) is -1.04. The molecule has 0 saturated carbocycles. The highest BCUT2D eigenvalue weighted by molar-refractivity contribution is 5.84. The van der Waals surface area contributed by atoms with Crippen LogP contribution in [-0.2, 0) is 6.42 Å². The summed E-state index contributed by atoms with van der Waals surface area (Å²) in [6.45, 7) is 0. The second-order valence-corrected chi connectivity index (χ2v) is 4.91. The lowest BCUT2D eigenvalue weighted by molar-refractivity contribution is 0.178. The van der Waals surface area contributed by atoms with Crippen LogP contribution in [0.4, 0.5) is 8.78 Å². The molecule has 1 N–H and O–H groups in total. The van der Waals surface area contributed by atoms with Crippen molar-refractivity contribution in [2.45, 2.75) is 12.5 Å². The molecule has 0 aliphatic heterocycles. The van der Waals surface area contributed by atoms with Gasteiger partial charge in [-0.2, -0.15) is 0 Å². The number of aliphatic hydroxyl groups excluding tert-OH is 1. The molecule has 0 spiro atoms. The zero-order valence-corrected chi connectivity index (χ0v) is 11.1. The van der Waals surface area contributed by atoms with Crippen LogP contribution in [0.2, 0.25) is 0 Å². The van der Waals surface area contributed by atoms with Crippen molar-refractivity contribution in [3.63, 3.8) is 0 Å². The topological polar surface area (TPSA) is 33.1 Å². The molecule has 0 saturated heterocycles. The molecule has 2 aromatic carbocycles. The first-order valence-electron chi connectivity index (χ1n) is 6.60. The van der Waals surface area contributed by atoms with E-state index < -0.39 is 17.7 Å². The summed E-state index contributed by atoms with van der Waals surface area (Å²) >= 11 is 0. The molecule has 0 bridgehead atoms. The van der Waals surface area contributed by atoms with Crippen LogP contribution in [0.25, 0.3) is 10.8 Å². The number of benzene rings is 2. The Labute approximate surface area is 120 Å². The van der Waals surface area contributed by atoms with E-state index in [4.69, 9.17) is 0 Å². The molecule has 0 amide bonds. The average molecular weight is 285 g/mol. The second kappa shape index (κ2) is 5.58. The molecule has 106 valence electrons.